The number of nitrogens with one attached hydrogen (secondary N) is 1. The maximum absolute atomic E-state index is 13.5. The average Bonchev–Trinajstić information content (AvgIpc) is 2.72. The Morgan fingerprint density at radius 3 is 2.18 bits per heavy atom. The summed E-state index contributed by atoms with van der Waals surface area (Å²) < 4.78 is 39.6. The molecule has 2 aromatic carbocycles. The largest absolute Gasteiger partial charge is 0.352 e. The van der Waals surface area contributed by atoms with E-state index < -0.39 is 34.3 Å². The molecule has 0 aliphatic carbocycles. The molecule has 2 rings (SSSR count). The van der Waals surface area contributed by atoms with Crippen molar-refractivity contribution in [2.45, 2.75) is 52.7 Å². The van der Waals surface area contributed by atoms with E-state index in [4.69, 9.17) is 0 Å². The highest BCUT2D eigenvalue weighted by Crippen LogP contribution is 2.23. The molecule has 0 bridgehead atoms. The van der Waals surface area contributed by atoms with Gasteiger partial charge in [0, 0.05) is 12.6 Å². The second-order valence-corrected chi connectivity index (χ2v) is 10.2. The molecule has 0 saturated heterocycles. The van der Waals surface area contributed by atoms with Crippen molar-refractivity contribution in [3.8, 4) is 0 Å². The van der Waals surface area contributed by atoms with Gasteiger partial charge in [-0.1, -0.05) is 37.3 Å². The fourth-order valence-corrected chi connectivity index (χ4v) is 4.43. The Morgan fingerprint density at radius 2 is 1.67 bits per heavy atom. The van der Waals surface area contributed by atoms with E-state index in [-0.39, 0.29) is 18.5 Å². The van der Waals surface area contributed by atoms with Crippen LogP contribution in [0.25, 0.3) is 0 Å². The summed E-state index contributed by atoms with van der Waals surface area (Å²) in [4.78, 5) is 27.8. The van der Waals surface area contributed by atoms with Gasteiger partial charge in [-0.25, -0.2) is 12.8 Å². The lowest BCUT2D eigenvalue weighted by molar-refractivity contribution is -0.140. The minimum Gasteiger partial charge on any atom is -0.352 e. The maximum atomic E-state index is 13.5. The van der Waals surface area contributed by atoms with Gasteiger partial charge in [-0.3, -0.25) is 13.9 Å². The highest BCUT2D eigenvalue weighted by Gasteiger charge is 2.32. The number of aryl methyl sites for hydroxylation is 1. The summed E-state index contributed by atoms with van der Waals surface area (Å²) >= 11 is 0. The summed E-state index contributed by atoms with van der Waals surface area (Å²) in [6, 6.07) is 11.6. The van der Waals surface area contributed by atoms with E-state index in [2.05, 4.69) is 5.32 Å². The Kier molecular flexibility index (Phi) is 8.99. The number of carbonyl (C=O) groups excluding carboxylic acids is 2. The molecule has 0 aliphatic rings. The molecule has 2 amide bonds. The standard InChI is InChI=1S/C24H32FN3O4S/c1-6-21(24(30)26-17(2)3)27(15-19-11-13-20(25)14-12-19)23(29)16-28(33(5,31)32)22-10-8-7-9-18(22)4/h7-14,17,21H,6,15-16H2,1-5H3,(H,26,30). The second-order valence-electron chi connectivity index (χ2n) is 8.29. The molecule has 180 valence electrons. The number of rotatable bonds is 10. The average molecular weight is 478 g/mol. The van der Waals surface area contributed by atoms with Crippen LogP contribution in [-0.4, -0.2) is 50.0 Å². The Labute approximate surface area is 195 Å². The van der Waals surface area contributed by atoms with Crippen molar-refractivity contribution in [3.63, 3.8) is 0 Å². The predicted molar refractivity (Wildman–Crippen MR) is 128 cm³/mol. The van der Waals surface area contributed by atoms with Crippen LogP contribution in [0.15, 0.2) is 48.5 Å². The fraction of sp³-hybridized carbons (Fsp3) is 0.417. The van der Waals surface area contributed by atoms with E-state index in [0.29, 0.717) is 23.2 Å². The third-order valence-electron chi connectivity index (χ3n) is 5.15. The highest BCUT2D eigenvalue weighted by atomic mass is 32.2. The zero-order valence-corrected chi connectivity index (χ0v) is 20.5. The van der Waals surface area contributed by atoms with Gasteiger partial charge in [-0.15, -0.1) is 0 Å². The van der Waals surface area contributed by atoms with Crippen LogP contribution in [0.4, 0.5) is 10.1 Å². The summed E-state index contributed by atoms with van der Waals surface area (Å²) in [5.74, 6) is -1.27. The first-order valence-corrected chi connectivity index (χ1v) is 12.7. The van der Waals surface area contributed by atoms with Gasteiger partial charge in [0.1, 0.15) is 18.4 Å². The van der Waals surface area contributed by atoms with Crippen LogP contribution in [-0.2, 0) is 26.2 Å². The quantitative estimate of drug-likeness (QED) is 0.569. The molecule has 0 aromatic heterocycles. The predicted octanol–water partition coefficient (Wildman–Crippen LogP) is 3.23. The van der Waals surface area contributed by atoms with E-state index >= 15 is 0 Å². The van der Waals surface area contributed by atoms with Gasteiger partial charge in [0.25, 0.3) is 0 Å². The number of para-hydroxylation sites is 1. The normalized spacial score (nSPS) is 12.3. The van der Waals surface area contributed by atoms with E-state index in [1.54, 1.807) is 50.2 Å². The van der Waals surface area contributed by atoms with E-state index in [1.165, 1.54) is 17.0 Å². The van der Waals surface area contributed by atoms with Crippen LogP contribution < -0.4 is 9.62 Å². The number of benzene rings is 2. The van der Waals surface area contributed by atoms with E-state index in [1.807, 2.05) is 13.8 Å². The Bertz CT molecular complexity index is 1070. The molecule has 9 heteroatoms. The highest BCUT2D eigenvalue weighted by molar-refractivity contribution is 7.92. The summed E-state index contributed by atoms with van der Waals surface area (Å²) in [6.45, 7) is 6.76. The minimum absolute atomic E-state index is 0.0362. The minimum atomic E-state index is -3.78. The number of amides is 2. The molecule has 1 atom stereocenters. The first-order valence-electron chi connectivity index (χ1n) is 10.8. The molecule has 0 saturated carbocycles. The third-order valence-corrected chi connectivity index (χ3v) is 6.27. The number of nitrogens with zero attached hydrogens (tertiary/aromatic N) is 2. The number of halogens is 1. The van der Waals surface area contributed by atoms with Crippen molar-refractivity contribution >= 4 is 27.5 Å². The maximum Gasteiger partial charge on any atom is 0.244 e. The first kappa shape index (κ1) is 26.3. The Balaban J connectivity index is 2.44. The van der Waals surface area contributed by atoms with Crippen molar-refractivity contribution in [2.24, 2.45) is 0 Å². The Hall–Kier alpha value is -2.94. The fourth-order valence-electron chi connectivity index (χ4n) is 3.52. The van der Waals surface area contributed by atoms with Crippen LogP contribution in [0.2, 0.25) is 0 Å². The van der Waals surface area contributed by atoms with Gasteiger partial charge in [-0.05, 0) is 56.5 Å². The van der Waals surface area contributed by atoms with Gasteiger partial charge >= 0.3 is 0 Å². The molecular weight excluding hydrogens is 445 g/mol. The monoisotopic (exact) mass is 477 g/mol. The van der Waals surface area contributed by atoms with Gasteiger partial charge in [0.05, 0.1) is 11.9 Å². The van der Waals surface area contributed by atoms with E-state index in [9.17, 15) is 22.4 Å². The lowest BCUT2D eigenvalue weighted by Crippen LogP contribution is -2.53. The molecule has 0 heterocycles. The van der Waals surface area contributed by atoms with Crippen LogP contribution in [0, 0.1) is 12.7 Å². The van der Waals surface area contributed by atoms with Crippen molar-refractivity contribution in [2.75, 3.05) is 17.1 Å². The molecule has 7 nitrogen and oxygen atoms in total. The summed E-state index contributed by atoms with van der Waals surface area (Å²) in [6.07, 6.45) is 1.37. The van der Waals surface area contributed by atoms with Gasteiger partial charge < -0.3 is 10.2 Å². The SMILES string of the molecule is CCC(C(=O)NC(C)C)N(Cc1ccc(F)cc1)C(=O)CN(c1ccccc1C)S(C)(=O)=O. The molecule has 2 aromatic rings. The summed E-state index contributed by atoms with van der Waals surface area (Å²) in [7, 11) is -3.78. The summed E-state index contributed by atoms with van der Waals surface area (Å²) in [5.41, 5.74) is 1.72. The topological polar surface area (TPSA) is 86.8 Å². The van der Waals surface area contributed by atoms with Crippen molar-refractivity contribution < 1.29 is 22.4 Å². The molecule has 0 aliphatic heterocycles. The molecular formula is C24H32FN3O4S. The lowest BCUT2D eigenvalue weighted by Gasteiger charge is -2.33. The number of anilines is 1. The Morgan fingerprint density at radius 1 is 1.06 bits per heavy atom. The number of sulfonamides is 1. The van der Waals surface area contributed by atoms with Gasteiger partial charge in [0.15, 0.2) is 0 Å². The van der Waals surface area contributed by atoms with Crippen LogP contribution in [0.5, 0.6) is 0 Å². The lowest BCUT2D eigenvalue weighted by atomic mass is 10.1. The third kappa shape index (κ3) is 7.28. The number of carbonyl (C=O) groups is 2. The van der Waals surface area contributed by atoms with Crippen LogP contribution in [0.3, 0.4) is 0 Å². The van der Waals surface area contributed by atoms with Crippen LogP contribution >= 0.6 is 0 Å². The first-order chi connectivity index (χ1) is 15.4. The summed E-state index contributed by atoms with van der Waals surface area (Å²) in [5, 5.41) is 2.82. The van der Waals surface area contributed by atoms with Crippen LogP contribution in [0.1, 0.15) is 38.3 Å². The van der Waals surface area contributed by atoms with Crippen molar-refractivity contribution in [3.05, 3.63) is 65.5 Å². The van der Waals surface area contributed by atoms with Gasteiger partial charge in [-0.2, -0.15) is 0 Å². The van der Waals surface area contributed by atoms with Crippen molar-refractivity contribution in [1.29, 1.82) is 0 Å². The van der Waals surface area contributed by atoms with E-state index in [0.717, 1.165) is 10.6 Å². The molecule has 33 heavy (non-hydrogen) atoms. The number of hydrogen-bond acceptors (Lipinski definition) is 4. The molecule has 0 radical (unpaired) electrons. The number of hydrogen-bond donors (Lipinski definition) is 1. The molecule has 1 unspecified atom stereocenters. The smallest absolute Gasteiger partial charge is 0.244 e. The molecule has 0 fully saturated rings. The zero-order valence-electron chi connectivity index (χ0n) is 19.7. The molecule has 0 spiro atoms. The van der Waals surface area contributed by atoms with Crippen molar-refractivity contribution in [1.82, 2.24) is 10.2 Å². The second kappa shape index (κ2) is 11.3. The van der Waals surface area contributed by atoms with Gasteiger partial charge in [0.2, 0.25) is 21.8 Å². The molecule has 1 N–H and O–H groups in total. The zero-order chi connectivity index (χ0) is 24.8.